The van der Waals surface area contributed by atoms with E-state index in [2.05, 4.69) is 49.3 Å². The van der Waals surface area contributed by atoms with Gasteiger partial charge in [0.15, 0.2) is 0 Å². The van der Waals surface area contributed by atoms with Gasteiger partial charge in [-0.2, -0.15) is 0 Å². The lowest BCUT2D eigenvalue weighted by atomic mass is 9.98. The number of likely N-dealkylation sites (tertiary alicyclic amines) is 1. The van der Waals surface area contributed by atoms with Gasteiger partial charge in [0, 0.05) is 43.8 Å². The molecule has 19 heavy (non-hydrogen) atoms. The van der Waals surface area contributed by atoms with E-state index in [1.165, 1.54) is 45.6 Å². The second-order valence-corrected chi connectivity index (χ2v) is 7.04. The van der Waals surface area contributed by atoms with Crippen molar-refractivity contribution < 1.29 is 0 Å². The molecule has 0 saturated carbocycles. The first-order valence-electron chi connectivity index (χ1n) is 8.23. The van der Waals surface area contributed by atoms with Crippen molar-refractivity contribution >= 4 is 0 Å². The van der Waals surface area contributed by atoms with Crippen LogP contribution in [0.3, 0.4) is 0 Å². The van der Waals surface area contributed by atoms with Gasteiger partial charge in [0.05, 0.1) is 0 Å². The van der Waals surface area contributed by atoms with Crippen molar-refractivity contribution in [3.05, 3.63) is 0 Å². The molecule has 0 N–H and O–H groups in total. The first kappa shape index (κ1) is 15.3. The molecule has 0 bridgehead atoms. The molecule has 2 aliphatic heterocycles. The molecule has 2 fully saturated rings. The number of hydrogen-bond donors (Lipinski definition) is 0. The van der Waals surface area contributed by atoms with Crippen molar-refractivity contribution in [3.63, 3.8) is 0 Å². The van der Waals surface area contributed by atoms with E-state index in [0.29, 0.717) is 6.04 Å². The van der Waals surface area contributed by atoms with E-state index in [-0.39, 0.29) is 0 Å². The van der Waals surface area contributed by atoms with E-state index in [1.807, 2.05) is 0 Å². The van der Waals surface area contributed by atoms with E-state index >= 15 is 0 Å². The molecule has 112 valence electrons. The van der Waals surface area contributed by atoms with Crippen molar-refractivity contribution in [2.24, 2.45) is 0 Å². The lowest BCUT2D eigenvalue weighted by Crippen LogP contribution is -2.58. The highest BCUT2D eigenvalue weighted by Gasteiger charge is 2.32. The summed E-state index contributed by atoms with van der Waals surface area (Å²) in [4.78, 5) is 8.05. The molecule has 2 rings (SSSR count). The highest BCUT2D eigenvalue weighted by atomic mass is 15.3. The first-order valence-corrected chi connectivity index (χ1v) is 8.23. The van der Waals surface area contributed by atoms with Crippen LogP contribution in [-0.4, -0.2) is 71.6 Å². The minimum atomic E-state index is 0.701. The largest absolute Gasteiger partial charge is 0.301 e. The van der Waals surface area contributed by atoms with Gasteiger partial charge in [-0.1, -0.05) is 0 Å². The summed E-state index contributed by atoms with van der Waals surface area (Å²) in [7, 11) is 0. The quantitative estimate of drug-likeness (QED) is 0.777. The summed E-state index contributed by atoms with van der Waals surface area (Å²) in [6, 6.07) is 2.98. The number of rotatable bonds is 3. The van der Waals surface area contributed by atoms with Crippen LogP contribution in [0.4, 0.5) is 0 Å². The van der Waals surface area contributed by atoms with Crippen LogP contribution >= 0.6 is 0 Å². The standard InChI is InChI=1S/C16H33N3/c1-13(2)17-8-6-16(7-9-17)19-11-10-18(14(3)4)12-15(19)5/h13-16H,6-12H2,1-5H3/t15-/m1/s1. The van der Waals surface area contributed by atoms with Gasteiger partial charge in [0.25, 0.3) is 0 Å². The molecule has 0 aromatic heterocycles. The van der Waals surface area contributed by atoms with E-state index < -0.39 is 0 Å². The van der Waals surface area contributed by atoms with E-state index in [1.54, 1.807) is 0 Å². The van der Waals surface area contributed by atoms with Crippen LogP contribution in [0.15, 0.2) is 0 Å². The van der Waals surface area contributed by atoms with Crippen molar-refractivity contribution in [2.45, 2.75) is 71.6 Å². The van der Waals surface area contributed by atoms with Gasteiger partial charge in [-0.05, 0) is 60.5 Å². The highest BCUT2D eigenvalue weighted by Crippen LogP contribution is 2.23. The molecule has 2 saturated heterocycles. The minimum Gasteiger partial charge on any atom is -0.301 e. The van der Waals surface area contributed by atoms with Gasteiger partial charge in [-0.15, -0.1) is 0 Å². The van der Waals surface area contributed by atoms with Crippen molar-refractivity contribution in [1.82, 2.24) is 14.7 Å². The van der Waals surface area contributed by atoms with Crippen LogP contribution in [0.25, 0.3) is 0 Å². The molecule has 0 aromatic carbocycles. The third-order valence-corrected chi connectivity index (χ3v) is 5.14. The lowest BCUT2D eigenvalue weighted by Gasteiger charge is -2.48. The smallest absolute Gasteiger partial charge is 0.0198 e. The maximum atomic E-state index is 2.79. The molecular formula is C16H33N3. The van der Waals surface area contributed by atoms with E-state index in [9.17, 15) is 0 Å². The Hall–Kier alpha value is -0.120. The summed E-state index contributed by atoms with van der Waals surface area (Å²) in [5, 5.41) is 0. The summed E-state index contributed by atoms with van der Waals surface area (Å²) in [5.74, 6) is 0. The summed E-state index contributed by atoms with van der Waals surface area (Å²) in [6.45, 7) is 18.1. The molecule has 3 nitrogen and oxygen atoms in total. The van der Waals surface area contributed by atoms with Gasteiger partial charge in [0.2, 0.25) is 0 Å². The predicted octanol–water partition coefficient (Wildman–Crippen LogP) is 2.27. The SMILES string of the molecule is CC(C)N1CCC(N2CCN(C(C)C)C[C@H]2C)CC1. The zero-order valence-electron chi connectivity index (χ0n) is 13.6. The molecule has 0 radical (unpaired) electrons. The zero-order valence-corrected chi connectivity index (χ0v) is 13.6. The molecule has 0 aliphatic carbocycles. The lowest BCUT2D eigenvalue weighted by molar-refractivity contribution is 0.00823. The number of hydrogen-bond acceptors (Lipinski definition) is 3. The maximum Gasteiger partial charge on any atom is 0.0198 e. The summed E-state index contributed by atoms with van der Waals surface area (Å²) >= 11 is 0. The fourth-order valence-electron chi connectivity index (χ4n) is 3.75. The van der Waals surface area contributed by atoms with Gasteiger partial charge in [-0.25, -0.2) is 0 Å². The molecule has 1 atom stereocenters. The number of piperidine rings is 1. The van der Waals surface area contributed by atoms with Crippen molar-refractivity contribution in [2.75, 3.05) is 32.7 Å². The molecule has 3 heteroatoms. The second-order valence-electron chi connectivity index (χ2n) is 7.04. The van der Waals surface area contributed by atoms with E-state index in [0.717, 1.165) is 18.1 Å². The first-order chi connectivity index (χ1) is 8.99. The summed E-state index contributed by atoms with van der Waals surface area (Å²) in [5.41, 5.74) is 0. The fraction of sp³-hybridized carbons (Fsp3) is 1.00. The zero-order chi connectivity index (χ0) is 14.0. The Balaban J connectivity index is 1.84. The molecule has 0 aromatic rings. The van der Waals surface area contributed by atoms with Gasteiger partial charge in [-0.3, -0.25) is 9.80 Å². The van der Waals surface area contributed by atoms with Gasteiger partial charge >= 0.3 is 0 Å². The molecule has 2 aliphatic rings. The Bertz CT molecular complexity index is 269. The normalized spacial score (nSPS) is 29.5. The van der Waals surface area contributed by atoms with Crippen LogP contribution < -0.4 is 0 Å². The Labute approximate surface area is 119 Å². The number of piperazine rings is 1. The summed E-state index contributed by atoms with van der Waals surface area (Å²) < 4.78 is 0. The third-order valence-electron chi connectivity index (χ3n) is 5.14. The highest BCUT2D eigenvalue weighted by molar-refractivity contribution is 4.88. The van der Waals surface area contributed by atoms with Crippen molar-refractivity contribution in [3.8, 4) is 0 Å². The molecule has 0 amide bonds. The van der Waals surface area contributed by atoms with Crippen LogP contribution in [-0.2, 0) is 0 Å². The van der Waals surface area contributed by atoms with Crippen LogP contribution in [0.1, 0.15) is 47.5 Å². The molecule has 0 unspecified atom stereocenters. The fourth-order valence-corrected chi connectivity index (χ4v) is 3.75. The van der Waals surface area contributed by atoms with Crippen LogP contribution in [0.5, 0.6) is 0 Å². The Morgan fingerprint density at radius 2 is 1.37 bits per heavy atom. The average Bonchev–Trinajstić information content (AvgIpc) is 2.38. The molecule has 0 spiro atoms. The third kappa shape index (κ3) is 3.71. The minimum absolute atomic E-state index is 0.701. The predicted molar refractivity (Wildman–Crippen MR) is 82.6 cm³/mol. The Kier molecular flexibility index (Phi) is 5.27. The molecule has 2 heterocycles. The van der Waals surface area contributed by atoms with Gasteiger partial charge < -0.3 is 4.90 Å². The second kappa shape index (κ2) is 6.55. The molecular weight excluding hydrogens is 234 g/mol. The number of nitrogens with zero attached hydrogens (tertiary/aromatic N) is 3. The Morgan fingerprint density at radius 1 is 0.789 bits per heavy atom. The maximum absolute atomic E-state index is 2.79. The summed E-state index contributed by atoms with van der Waals surface area (Å²) in [6.07, 6.45) is 2.73. The average molecular weight is 267 g/mol. The van der Waals surface area contributed by atoms with Crippen molar-refractivity contribution in [1.29, 1.82) is 0 Å². The van der Waals surface area contributed by atoms with Crippen LogP contribution in [0, 0.1) is 0 Å². The monoisotopic (exact) mass is 267 g/mol. The van der Waals surface area contributed by atoms with E-state index in [4.69, 9.17) is 0 Å². The Morgan fingerprint density at radius 3 is 1.84 bits per heavy atom. The van der Waals surface area contributed by atoms with Gasteiger partial charge in [0.1, 0.15) is 0 Å². The topological polar surface area (TPSA) is 9.72 Å². The van der Waals surface area contributed by atoms with Crippen LogP contribution in [0.2, 0.25) is 0 Å².